The zero-order valence-corrected chi connectivity index (χ0v) is 25.6. The van der Waals surface area contributed by atoms with Crippen molar-refractivity contribution in [1.82, 2.24) is 14.8 Å². The van der Waals surface area contributed by atoms with Crippen molar-refractivity contribution < 1.29 is 24.2 Å². The molecule has 2 fully saturated rings. The molecule has 1 saturated carbocycles. The van der Waals surface area contributed by atoms with Crippen LogP contribution in [0, 0.1) is 31.6 Å². The SMILES string of the molecule is Cc1ccc(OCc2ccc(C(=O)N(C)CC(=O)N(C)C)cc2C)c(-c2csc(N3C[C@H]4CC[C@@H](C3)[C@H]4C(=O)O)n2)c1. The number of carboxylic acids is 1. The van der Waals surface area contributed by atoms with Crippen molar-refractivity contribution in [1.29, 1.82) is 0 Å². The van der Waals surface area contributed by atoms with Crippen molar-refractivity contribution >= 4 is 34.3 Å². The highest BCUT2D eigenvalue weighted by Crippen LogP contribution is 2.44. The second-order valence-electron chi connectivity index (χ2n) is 11.8. The van der Waals surface area contributed by atoms with Crippen LogP contribution in [0.4, 0.5) is 5.13 Å². The summed E-state index contributed by atoms with van der Waals surface area (Å²) in [7, 11) is 4.96. The summed E-state index contributed by atoms with van der Waals surface area (Å²) in [6.07, 6.45) is 1.93. The minimum Gasteiger partial charge on any atom is -0.488 e. The van der Waals surface area contributed by atoms with E-state index in [-0.39, 0.29) is 36.1 Å². The average Bonchev–Trinajstić information content (AvgIpc) is 3.55. The van der Waals surface area contributed by atoms with Gasteiger partial charge in [-0.3, -0.25) is 14.4 Å². The molecule has 0 unspecified atom stereocenters. The summed E-state index contributed by atoms with van der Waals surface area (Å²) >= 11 is 1.59. The first kappa shape index (κ1) is 29.6. The van der Waals surface area contributed by atoms with Crippen molar-refractivity contribution in [2.24, 2.45) is 17.8 Å². The number of aliphatic carboxylic acids is 1. The number of amides is 2. The van der Waals surface area contributed by atoms with Crippen LogP contribution < -0.4 is 9.64 Å². The molecule has 42 heavy (non-hydrogen) atoms. The maximum atomic E-state index is 12.9. The first-order valence-corrected chi connectivity index (χ1v) is 15.1. The number of fused-ring (bicyclic) bond motifs is 2. The van der Waals surface area contributed by atoms with Crippen LogP contribution in [0.1, 0.15) is 39.9 Å². The van der Waals surface area contributed by atoms with Crippen molar-refractivity contribution in [2.75, 3.05) is 45.7 Å². The molecule has 0 radical (unpaired) electrons. The van der Waals surface area contributed by atoms with Crippen molar-refractivity contribution in [3.63, 3.8) is 0 Å². The molecule has 2 aromatic carbocycles. The number of aromatic nitrogens is 1. The lowest BCUT2D eigenvalue weighted by Gasteiger charge is -2.35. The Labute approximate surface area is 250 Å². The van der Waals surface area contributed by atoms with Crippen LogP contribution in [0.3, 0.4) is 0 Å². The van der Waals surface area contributed by atoms with E-state index < -0.39 is 5.97 Å². The van der Waals surface area contributed by atoms with Crippen LogP contribution in [-0.4, -0.2) is 78.5 Å². The minimum absolute atomic E-state index is 0.0199. The van der Waals surface area contributed by atoms with Gasteiger partial charge in [0.05, 0.1) is 18.2 Å². The van der Waals surface area contributed by atoms with Gasteiger partial charge in [0.25, 0.3) is 5.91 Å². The van der Waals surface area contributed by atoms with E-state index in [0.717, 1.165) is 64.8 Å². The molecule has 1 N–H and O–H groups in total. The van der Waals surface area contributed by atoms with E-state index in [1.807, 2.05) is 43.5 Å². The number of piperidine rings is 1. The number of ether oxygens (including phenoxy) is 1. The molecule has 2 aliphatic rings. The monoisotopic (exact) mass is 590 g/mol. The maximum Gasteiger partial charge on any atom is 0.307 e. The molecule has 1 aliphatic carbocycles. The Morgan fingerprint density at radius 1 is 1.05 bits per heavy atom. The van der Waals surface area contributed by atoms with E-state index in [1.54, 1.807) is 38.5 Å². The molecule has 2 amide bonds. The minimum atomic E-state index is -0.663. The standard InChI is InChI=1S/C32H38N4O5S/c1-19-6-11-27(41-17-24-10-7-21(13-20(24)2)30(38)35(5)16-28(37)34(3)4)25(12-19)26-18-42-32(33-26)36-14-22-8-9-23(15-36)29(22)31(39)40/h6-7,10-13,18,22-23,29H,8-9,14-17H2,1-5H3,(H,39,40)/t22-,23+,29+. The van der Waals surface area contributed by atoms with Gasteiger partial charge in [0.15, 0.2) is 5.13 Å². The molecule has 10 heteroatoms. The van der Waals surface area contributed by atoms with E-state index in [0.29, 0.717) is 12.2 Å². The molecule has 1 aliphatic heterocycles. The molecule has 5 rings (SSSR count). The smallest absolute Gasteiger partial charge is 0.307 e. The van der Waals surface area contributed by atoms with Crippen LogP contribution in [0.15, 0.2) is 41.8 Å². The molecule has 2 heterocycles. The number of nitrogens with zero attached hydrogens (tertiary/aromatic N) is 4. The molecule has 2 bridgehead atoms. The van der Waals surface area contributed by atoms with Gasteiger partial charge in [0.2, 0.25) is 5.91 Å². The van der Waals surface area contributed by atoms with Crippen molar-refractivity contribution in [2.45, 2.75) is 33.3 Å². The van der Waals surface area contributed by atoms with E-state index >= 15 is 0 Å². The van der Waals surface area contributed by atoms with E-state index in [2.05, 4.69) is 11.0 Å². The number of anilines is 1. The summed E-state index contributed by atoms with van der Waals surface area (Å²) in [6, 6.07) is 11.6. The summed E-state index contributed by atoms with van der Waals surface area (Å²) in [5.74, 6) is -0.159. The fourth-order valence-electron chi connectivity index (χ4n) is 6.07. The molecule has 0 spiro atoms. The number of hydrogen-bond acceptors (Lipinski definition) is 7. The first-order valence-electron chi connectivity index (χ1n) is 14.2. The Hall–Kier alpha value is -3.92. The number of aryl methyl sites for hydroxylation is 2. The number of carbonyl (C=O) groups is 3. The van der Waals surface area contributed by atoms with Crippen molar-refractivity contribution in [3.05, 3.63) is 64.0 Å². The normalized spacial score (nSPS) is 19.5. The highest BCUT2D eigenvalue weighted by molar-refractivity contribution is 7.14. The Bertz CT molecular complexity index is 1490. The number of benzene rings is 2. The lowest BCUT2D eigenvalue weighted by Crippen LogP contribution is -2.44. The van der Waals surface area contributed by atoms with Gasteiger partial charge in [-0.1, -0.05) is 17.7 Å². The number of carboxylic acid groups (broad SMARTS) is 1. The second-order valence-corrected chi connectivity index (χ2v) is 12.6. The van der Waals surface area contributed by atoms with Gasteiger partial charge >= 0.3 is 5.97 Å². The molecule has 3 atom stereocenters. The zero-order valence-electron chi connectivity index (χ0n) is 24.8. The van der Waals surface area contributed by atoms with Gasteiger partial charge in [-0.25, -0.2) is 4.98 Å². The Balaban J connectivity index is 1.28. The number of carbonyl (C=O) groups excluding carboxylic acids is 2. The molecule has 3 aromatic rings. The first-order chi connectivity index (χ1) is 20.0. The third-order valence-electron chi connectivity index (χ3n) is 8.48. The maximum absolute atomic E-state index is 12.9. The van der Waals surface area contributed by atoms with Crippen LogP contribution in [-0.2, 0) is 16.2 Å². The molecule has 1 aromatic heterocycles. The third-order valence-corrected chi connectivity index (χ3v) is 9.38. The van der Waals surface area contributed by atoms with Gasteiger partial charge in [-0.15, -0.1) is 11.3 Å². The van der Waals surface area contributed by atoms with Crippen LogP contribution >= 0.6 is 11.3 Å². The quantitative estimate of drug-likeness (QED) is 0.385. The second kappa shape index (κ2) is 12.1. The van der Waals surface area contributed by atoms with E-state index in [1.165, 1.54) is 9.80 Å². The van der Waals surface area contributed by atoms with Gasteiger partial charge in [0.1, 0.15) is 12.4 Å². The Kier molecular flexibility index (Phi) is 8.54. The fourth-order valence-corrected chi connectivity index (χ4v) is 6.91. The number of likely N-dealkylation sites (N-methyl/N-ethyl adjacent to an activating group) is 2. The lowest BCUT2D eigenvalue weighted by atomic mass is 9.85. The summed E-state index contributed by atoms with van der Waals surface area (Å²) < 4.78 is 6.32. The van der Waals surface area contributed by atoms with E-state index in [9.17, 15) is 19.5 Å². The Morgan fingerprint density at radius 3 is 2.40 bits per heavy atom. The zero-order chi connectivity index (χ0) is 30.1. The fraction of sp³-hybridized carbons (Fsp3) is 0.438. The van der Waals surface area contributed by atoms with Gasteiger partial charge < -0.3 is 24.5 Å². The van der Waals surface area contributed by atoms with Crippen molar-refractivity contribution in [3.8, 4) is 17.0 Å². The highest BCUT2D eigenvalue weighted by Gasteiger charge is 2.46. The number of thiazole rings is 1. The van der Waals surface area contributed by atoms with E-state index in [4.69, 9.17) is 9.72 Å². The highest BCUT2D eigenvalue weighted by atomic mass is 32.1. The molecular formula is C32H38N4O5S. The van der Waals surface area contributed by atoms with Crippen LogP contribution in [0.5, 0.6) is 5.75 Å². The predicted molar refractivity (Wildman–Crippen MR) is 163 cm³/mol. The van der Waals surface area contributed by atoms with Gasteiger partial charge in [0, 0.05) is 50.7 Å². The molecule has 222 valence electrons. The van der Waals surface area contributed by atoms with Crippen LogP contribution in [0.25, 0.3) is 11.3 Å². The van der Waals surface area contributed by atoms with Gasteiger partial charge in [-0.05, 0) is 73.9 Å². The third kappa shape index (κ3) is 6.13. The average molecular weight is 591 g/mol. The predicted octanol–water partition coefficient (Wildman–Crippen LogP) is 4.71. The molecule has 1 saturated heterocycles. The lowest BCUT2D eigenvalue weighted by molar-refractivity contribution is -0.144. The van der Waals surface area contributed by atoms with Gasteiger partial charge in [-0.2, -0.15) is 0 Å². The summed E-state index contributed by atoms with van der Waals surface area (Å²) in [5.41, 5.74) is 5.27. The number of hydrogen-bond donors (Lipinski definition) is 1. The molecular weight excluding hydrogens is 552 g/mol. The molecule has 9 nitrogen and oxygen atoms in total. The Morgan fingerprint density at radius 2 is 1.76 bits per heavy atom. The largest absolute Gasteiger partial charge is 0.488 e. The summed E-state index contributed by atoms with van der Waals surface area (Å²) in [6.45, 7) is 5.80. The summed E-state index contributed by atoms with van der Waals surface area (Å²) in [5, 5.41) is 12.6. The number of rotatable bonds is 9. The summed E-state index contributed by atoms with van der Waals surface area (Å²) in [4.78, 5) is 46.8. The van der Waals surface area contributed by atoms with Crippen LogP contribution in [0.2, 0.25) is 0 Å². The topological polar surface area (TPSA) is 103 Å².